The van der Waals surface area contributed by atoms with Crippen molar-refractivity contribution in [2.45, 2.75) is 32.6 Å². The highest BCUT2D eigenvalue weighted by Gasteiger charge is 2.17. The lowest BCUT2D eigenvalue weighted by molar-refractivity contribution is 0.410. The summed E-state index contributed by atoms with van der Waals surface area (Å²) in [5.74, 6) is 2.03. The first-order chi connectivity index (χ1) is 7.76. The minimum atomic E-state index is 0.435. The molecule has 1 aromatic carbocycles. The van der Waals surface area contributed by atoms with E-state index >= 15 is 0 Å². The van der Waals surface area contributed by atoms with Crippen molar-refractivity contribution in [1.82, 2.24) is 0 Å². The molecule has 16 heavy (non-hydrogen) atoms. The summed E-state index contributed by atoms with van der Waals surface area (Å²) in [5.41, 5.74) is 1.31. The van der Waals surface area contributed by atoms with Crippen LogP contribution in [0.5, 0.6) is 5.75 Å². The molecule has 1 heteroatoms. The summed E-state index contributed by atoms with van der Waals surface area (Å²) in [7, 11) is 1.71. The van der Waals surface area contributed by atoms with Crippen molar-refractivity contribution in [2.24, 2.45) is 5.92 Å². The third kappa shape index (κ3) is 2.88. The average Bonchev–Trinajstić information content (AvgIpc) is 2.35. The van der Waals surface area contributed by atoms with Crippen LogP contribution in [0, 0.1) is 5.92 Å². The number of methoxy groups -OCH3 is 1. The van der Waals surface area contributed by atoms with Crippen LogP contribution in [0.2, 0.25) is 0 Å². The van der Waals surface area contributed by atoms with E-state index in [0.717, 1.165) is 5.75 Å². The van der Waals surface area contributed by atoms with E-state index in [2.05, 4.69) is 38.6 Å². The van der Waals surface area contributed by atoms with E-state index in [4.69, 9.17) is 4.74 Å². The van der Waals surface area contributed by atoms with Crippen LogP contribution in [-0.2, 0) is 0 Å². The highest BCUT2D eigenvalue weighted by atomic mass is 16.5. The van der Waals surface area contributed by atoms with E-state index in [1.807, 2.05) is 12.1 Å². The largest absolute Gasteiger partial charge is 0.497 e. The first-order valence-corrected chi connectivity index (χ1v) is 6.03. The van der Waals surface area contributed by atoms with Gasteiger partial charge >= 0.3 is 0 Å². The zero-order valence-electron chi connectivity index (χ0n) is 10.6. The van der Waals surface area contributed by atoms with Crippen molar-refractivity contribution in [3.05, 3.63) is 42.5 Å². The maximum Gasteiger partial charge on any atom is 0.119 e. The fourth-order valence-electron chi connectivity index (χ4n) is 2.25. The van der Waals surface area contributed by atoms with Gasteiger partial charge in [-0.3, -0.25) is 0 Å². The molecule has 1 atom stereocenters. The topological polar surface area (TPSA) is 9.23 Å². The van der Waals surface area contributed by atoms with E-state index in [9.17, 15) is 0 Å². The Labute approximate surface area is 99.1 Å². The van der Waals surface area contributed by atoms with Crippen molar-refractivity contribution in [1.29, 1.82) is 0 Å². The summed E-state index contributed by atoms with van der Waals surface area (Å²) in [4.78, 5) is 0. The monoisotopic (exact) mass is 218 g/mol. The Morgan fingerprint density at radius 1 is 1.31 bits per heavy atom. The number of hydrogen-bond acceptors (Lipinski definition) is 1. The molecule has 1 unspecified atom stereocenters. The molecule has 1 aromatic rings. The van der Waals surface area contributed by atoms with Crippen molar-refractivity contribution < 1.29 is 4.74 Å². The normalized spacial score (nSPS) is 12.5. The molecule has 0 aliphatic rings. The molecule has 0 amide bonds. The molecular weight excluding hydrogens is 196 g/mol. The third-order valence-electron chi connectivity index (χ3n) is 3.29. The van der Waals surface area contributed by atoms with Crippen LogP contribution in [0.4, 0.5) is 0 Å². The van der Waals surface area contributed by atoms with Crippen LogP contribution in [0.1, 0.15) is 38.2 Å². The van der Waals surface area contributed by atoms with Gasteiger partial charge in [-0.15, -0.1) is 6.58 Å². The molecule has 0 saturated heterocycles. The van der Waals surface area contributed by atoms with Crippen molar-refractivity contribution in [3.63, 3.8) is 0 Å². The Morgan fingerprint density at radius 3 is 2.50 bits per heavy atom. The Kier molecular flexibility index (Phi) is 5.10. The molecule has 1 rings (SSSR count). The first-order valence-electron chi connectivity index (χ1n) is 6.03. The number of rotatable bonds is 6. The molecule has 0 aliphatic heterocycles. The molecule has 0 saturated carbocycles. The minimum absolute atomic E-state index is 0.435. The Morgan fingerprint density at radius 2 is 2.00 bits per heavy atom. The molecular formula is C15H22O. The number of benzene rings is 1. The van der Waals surface area contributed by atoms with Gasteiger partial charge in [0.05, 0.1) is 7.11 Å². The van der Waals surface area contributed by atoms with Gasteiger partial charge in [0.25, 0.3) is 0 Å². The maximum atomic E-state index is 5.26. The van der Waals surface area contributed by atoms with Gasteiger partial charge in [-0.05, 0) is 23.6 Å². The average molecular weight is 218 g/mol. The predicted octanol–water partition coefficient (Wildman–Crippen LogP) is 4.40. The SMILES string of the molecule is C=CC(c1cccc(OC)c1)C(CC)CC. The van der Waals surface area contributed by atoms with Gasteiger partial charge in [0.15, 0.2) is 0 Å². The Bertz CT molecular complexity index is 326. The molecule has 0 radical (unpaired) electrons. The van der Waals surface area contributed by atoms with E-state index < -0.39 is 0 Å². The molecule has 0 aromatic heterocycles. The van der Waals surface area contributed by atoms with Gasteiger partial charge < -0.3 is 4.74 Å². The minimum Gasteiger partial charge on any atom is -0.497 e. The number of ether oxygens (including phenoxy) is 1. The fourth-order valence-corrected chi connectivity index (χ4v) is 2.25. The first kappa shape index (κ1) is 12.8. The summed E-state index contributed by atoms with van der Waals surface area (Å²) < 4.78 is 5.26. The second kappa shape index (κ2) is 6.37. The van der Waals surface area contributed by atoms with Gasteiger partial charge in [0.2, 0.25) is 0 Å². The standard InChI is InChI=1S/C15H22O/c1-5-12(6-2)15(7-3)13-9-8-10-14(11-13)16-4/h7-12,15H,3,5-6H2,1-2,4H3. The Balaban J connectivity index is 2.97. The Hall–Kier alpha value is -1.24. The molecule has 0 N–H and O–H groups in total. The van der Waals surface area contributed by atoms with Crippen LogP contribution in [0.25, 0.3) is 0 Å². The van der Waals surface area contributed by atoms with Crippen molar-refractivity contribution >= 4 is 0 Å². The molecule has 88 valence electrons. The predicted molar refractivity (Wildman–Crippen MR) is 70.0 cm³/mol. The number of allylic oxidation sites excluding steroid dienone is 1. The summed E-state index contributed by atoms with van der Waals surface area (Å²) in [6.45, 7) is 8.45. The van der Waals surface area contributed by atoms with Gasteiger partial charge in [-0.25, -0.2) is 0 Å². The smallest absolute Gasteiger partial charge is 0.119 e. The highest BCUT2D eigenvalue weighted by Crippen LogP contribution is 2.32. The van der Waals surface area contributed by atoms with Crippen LogP contribution < -0.4 is 4.74 Å². The third-order valence-corrected chi connectivity index (χ3v) is 3.29. The molecule has 0 spiro atoms. The lowest BCUT2D eigenvalue weighted by Gasteiger charge is -2.22. The summed E-state index contributed by atoms with van der Waals surface area (Å²) in [6, 6.07) is 8.31. The summed E-state index contributed by atoms with van der Waals surface area (Å²) in [5, 5.41) is 0. The van der Waals surface area contributed by atoms with Gasteiger partial charge in [0, 0.05) is 5.92 Å². The zero-order chi connectivity index (χ0) is 12.0. The van der Waals surface area contributed by atoms with Crippen LogP contribution in [-0.4, -0.2) is 7.11 Å². The van der Waals surface area contributed by atoms with Crippen LogP contribution in [0.15, 0.2) is 36.9 Å². The molecule has 0 aliphatic carbocycles. The van der Waals surface area contributed by atoms with Gasteiger partial charge in [-0.2, -0.15) is 0 Å². The molecule has 0 bridgehead atoms. The molecule has 0 fully saturated rings. The lowest BCUT2D eigenvalue weighted by Crippen LogP contribution is -2.09. The van der Waals surface area contributed by atoms with E-state index in [1.165, 1.54) is 18.4 Å². The summed E-state index contributed by atoms with van der Waals surface area (Å²) in [6.07, 6.45) is 4.43. The van der Waals surface area contributed by atoms with E-state index in [0.29, 0.717) is 11.8 Å². The van der Waals surface area contributed by atoms with Crippen molar-refractivity contribution in [3.8, 4) is 5.75 Å². The van der Waals surface area contributed by atoms with Crippen LogP contribution in [0.3, 0.4) is 0 Å². The number of hydrogen-bond donors (Lipinski definition) is 0. The lowest BCUT2D eigenvalue weighted by atomic mass is 9.83. The molecule has 1 nitrogen and oxygen atoms in total. The second-order valence-electron chi connectivity index (χ2n) is 4.11. The van der Waals surface area contributed by atoms with Gasteiger partial charge in [-0.1, -0.05) is 44.9 Å². The zero-order valence-corrected chi connectivity index (χ0v) is 10.6. The maximum absolute atomic E-state index is 5.26. The van der Waals surface area contributed by atoms with E-state index in [-0.39, 0.29) is 0 Å². The van der Waals surface area contributed by atoms with Gasteiger partial charge in [0.1, 0.15) is 5.75 Å². The highest BCUT2D eigenvalue weighted by molar-refractivity contribution is 5.33. The second-order valence-corrected chi connectivity index (χ2v) is 4.11. The van der Waals surface area contributed by atoms with Crippen molar-refractivity contribution in [2.75, 3.05) is 7.11 Å². The quantitative estimate of drug-likeness (QED) is 0.643. The molecule has 0 heterocycles. The van der Waals surface area contributed by atoms with E-state index in [1.54, 1.807) is 7.11 Å². The fraction of sp³-hybridized carbons (Fsp3) is 0.467. The summed E-state index contributed by atoms with van der Waals surface area (Å²) >= 11 is 0. The van der Waals surface area contributed by atoms with Crippen LogP contribution >= 0.6 is 0 Å².